The summed E-state index contributed by atoms with van der Waals surface area (Å²) < 4.78 is 0. The van der Waals surface area contributed by atoms with Gasteiger partial charge in [0, 0.05) is 18.8 Å². The molecular weight excluding hydrogens is 202 g/mol. The predicted molar refractivity (Wildman–Crippen MR) is 64.8 cm³/mol. The third-order valence-electron chi connectivity index (χ3n) is 3.09. The van der Waals surface area contributed by atoms with Crippen molar-refractivity contribution in [3.05, 3.63) is 29.3 Å². The van der Waals surface area contributed by atoms with Gasteiger partial charge in [0.25, 0.3) is 0 Å². The van der Waals surface area contributed by atoms with Gasteiger partial charge in [-0.3, -0.25) is 0 Å². The van der Waals surface area contributed by atoms with E-state index in [1.54, 1.807) is 0 Å². The Hall–Kier alpha value is -1.06. The fraction of sp³-hybridized carbons (Fsp3) is 0.538. The van der Waals surface area contributed by atoms with Gasteiger partial charge >= 0.3 is 0 Å². The lowest BCUT2D eigenvalue weighted by atomic mass is 9.99. The van der Waals surface area contributed by atoms with E-state index in [-0.39, 0.29) is 6.61 Å². The van der Waals surface area contributed by atoms with Crippen molar-refractivity contribution in [2.24, 2.45) is 0 Å². The Morgan fingerprint density at radius 1 is 1.44 bits per heavy atom. The van der Waals surface area contributed by atoms with Crippen LogP contribution in [0.4, 0.5) is 5.69 Å². The van der Waals surface area contributed by atoms with Crippen LogP contribution in [0.15, 0.2) is 18.2 Å². The molecule has 3 heteroatoms. The van der Waals surface area contributed by atoms with Crippen LogP contribution in [0.5, 0.6) is 0 Å². The van der Waals surface area contributed by atoms with E-state index in [1.807, 2.05) is 0 Å². The summed E-state index contributed by atoms with van der Waals surface area (Å²) in [4.78, 5) is 2.17. The number of hydrogen-bond donors (Lipinski definition) is 2. The van der Waals surface area contributed by atoms with Gasteiger partial charge in [-0.25, -0.2) is 0 Å². The van der Waals surface area contributed by atoms with Crippen LogP contribution in [0.1, 0.15) is 17.5 Å². The van der Waals surface area contributed by atoms with E-state index in [9.17, 15) is 5.11 Å². The van der Waals surface area contributed by atoms with E-state index >= 15 is 0 Å². The Bertz CT molecular complexity index is 365. The minimum atomic E-state index is -0.646. The van der Waals surface area contributed by atoms with E-state index in [0.29, 0.717) is 6.54 Å². The molecule has 3 nitrogen and oxygen atoms in total. The summed E-state index contributed by atoms with van der Waals surface area (Å²) in [6, 6.07) is 6.43. The standard InChI is InChI=1S/C13H19NO2/c1-10-4-5-13-11(7-10)3-2-6-14(13)8-12(16)9-15/h4-5,7,12,15-16H,2-3,6,8-9H2,1H3. The first kappa shape index (κ1) is 11.4. The summed E-state index contributed by atoms with van der Waals surface area (Å²) in [5.74, 6) is 0. The van der Waals surface area contributed by atoms with Gasteiger partial charge in [-0.05, 0) is 31.4 Å². The lowest BCUT2D eigenvalue weighted by molar-refractivity contribution is 0.0996. The van der Waals surface area contributed by atoms with Crippen LogP contribution < -0.4 is 4.90 Å². The first-order valence-electron chi connectivity index (χ1n) is 5.84. The summed E-state index contributed by atoms with van der Waals surface area (Å²) >= 11 is 0. The van der Waals surface area contributed by atoms with E-state index in [4.69, 9.17) is 5.11 Å². The van der Waals surface area contributed by atoms with Crippen molar-refractivity contribution < 1.29 is 10.2 Å². The molecule has 2 N–H and O–H groups in total. The first-order valence-corrected chi connectivity index (χ1v) is 5.84. The van der Waals surface area contributed by atoms with Crippen LogP contribution in [-0.4, -0.2) is 36.0 Å². The van der Waals surface area contributed by atoms with Crippen molar-refractivity contribution in [3.8, 4) is 0 Å². The average Bonchev–Trinajstić information content (AvgIpc) is 2.28. The molecule has 1 aromatic carbocycles. The van der Waals surface area contributed by atoms with Crippen LogP contribution in [0.25, 0.3) is 0 Å². The summed E-state index contributed by atoms with van der Waals surface area (Å²) in [6.45, 7) is 3.42. The second-order valence-corrected chi connectivity index (χ2v) is 4.52. The maximum absolute atomic E-state index is 9.50. The molecule has 0 saturated heterocycles. The molecule has 88 valence electrons. The molecule has 1 unspecified atom stereocenters. The highest BCUT2D eigenvalue weighted by atomic mass is 16.3. The van der Waals surface area contributed by atoms with Crippen LogP contribution in [0.2, 0.25) is 0 Å². The largest absolute Gasteiger partial charge is 0.394 e. The lowest BCUT2D eigenvalue weighted by Gasteiger charge is -2.32. The number of rotatable bonds is 3. The van der Waals surface area contributed by atoms with Crippen molar-refractivity contribution in [1.82, 2.24) is 0 Å². The molecule has 1 aliphatic rings. The molecule has 1 aromatic rings. The molecule has 1 atom stereocenters. The number of hydrogen-bond acceptors (Lipinski definition) is 3. The highest BCUT2D eigenvalue weighted by Gasteiger charge is 2.18. The first-order chi connectivity index (χ1) is 7.70. The zero-order valence-electron chi connectivity index (χ0n) is 9.69. The number of β-amino-alcohol motifs (C(OH)–C–C–N with tert-alkyl or cyclic N) is 1. The summed E-state index contributed by atoms with van der Waals surface area (Å²) in [7, 11) is 0. The van der Waals surface area contributed by atoms with Gasteiger partial charge in [-0.15, -0.1) is 0 Å². The molecule has 0 fully saturated rings. The zero-order valence-corrected chi connectivity index (χ0v) is 9.69. The minimum absolute atomic E-state index is 0.169. The van der Waals surface area contributed by atoms with E-state index < -0.39 is 6.10 Å². The van der Waals surface area contributed by atoms with Crippen molar-refractivity contribution in [1.29, 1.82) is 0 Å². The van der Waals surface area contributed by atoms with E-state index in [1.165, 1.54) is 16.8 Å². The number of aliphatic hydroxyl groups excluding tert-OH is 2. The molecule has 0 saturated carbocycles. The molecule has 2 rings (SSSR count). The molecule has 16 heavy (non-hydrogen) atoms. The van der Waals surface area contributed by atoms with Crippen LogP contribution in [0, 0.1) is 6.92 Å². The maximum atomic E-state index is 9.50. The number of anilines is 1. The molecule has 1 heterocycles. The van der Waals surface area contributed by atoms with Gasteiger partial charge in [-0.2, -0.15) is 0 Å². The molecule has 0 aliphatic carbocycles. The molecule has 0 radical (unpaired) electrons. The van der Waals surface area contributed by atoms with Crippen molar-refractivity contribution in [2.75, 3.05) is 24.6 Å². The van der Waals surface area contributed by atoms with Gasteiger partial charge in [0.05, 0.1) is 12.7 Å². The molecule has 0 bridgehead atoms. The average molecular weight is 221 g/mol. The second-order valence-electron chi connectivity index (χ2n) is 4.52. The Labute approximate surface area is 96.3 Å². The van der Waals surface area contributed by atoms with E-state index in [0.717, 1.165) is 19.4 Å². The summed E-state index contributed by atoms with van der Waals surface area (Å²) in [6.07, 6.45) is 1.59. The monoisotopic (exact) mass is 221 g/mol. The SMILES string of the molecule is Cc1ccc2c(c1)CCCN2CC(O)CO. The summed E-state index contributed by atoms with van der Waals surface area (Å²) in [5, 5.41) is 18.4. The number of aryl methyl sites for hydroxylation is 2. The number of benzene rings is 1. The van der Waals surface area contributed by atoms with Crippen molar-refractivity contribution in [2.45, 2.75) is 25.9 Å². The van der Waals surface area contributed by atoms with Crippen LogP contribution >= 0.6 is 0 Å². The highest BCUT2D eigenvalue weighted by Crippen LogP contribution is 2.27. The smallest absolute Gasteiger partial charge is 0.0945 e. The van der Waals surface area contributed by atoms with Gasteiger partial charge in [0.1, 0.15) is 0 Å². The van der Waals surface area contributed by atoms with Crippen LogP contribution in [-0.2, 0) is 6.42 Å². The van der Waals surface area contributed by atoms with Gasteiger partial charge in [0.15, 0.2) is 0 Å². The molecule has 0 spiro atoms. The van der Waals surface area contributed by atoms with Crippen molar-refractivity contribution >= 4 is 5.69 Å². The predicted octanol–water partition coefficient (Wildman–Crippen LogP) is 1.10. The normalized spacial score (nSPS) is 17.1. The third kappa shape index (κ3) is 2.36. The molecule has 1 aliphatic heterocycles. The fourth-order valence-corrected chi connectivity index (χ4v) is 2.31. The Morgan fingerprint density at radius 3 is 3.00 bits per heavy atom. The number of aliphatic hydroxyl groups is 2. The Balaban J connectivity index is 2.19. The van der Waals surface area contributed by atoms with Crippen LogP contribution in [0.3, 0.4) is 0 Å². The Morgan fingerprint density at radius 2 is 2.25 bits per heavy atom. The maximum Gasteiger partial charge on any atom is 0.0945 e. The number of nitrogens with zero attached hydrogens (tertiary/aromatic N) is 1. The topological polar surface area (TPSA) is 43.7 Å². The van der Waals surface area contributed by atoms with Gasteiger partial charge in [-0.1, -0.05) is 17.7 Å². The van der Waals surface area contributed by atoms with Gasteiger partial charge < -0.3 is 15.1 Å². The zero-order chi connectivity index (χ0) is 11.5. The van der Waals surface area contributed by atoms with Gasteiger partial charge in [0.2, 0.25) is 0 Å². The number of fused-ring (bicyclic) bond motifs is 1. The van der Waals surface area contributed by atoms with Crippen molar-refractivity contribution in [3.63, 3.8) is 0 Å². The molecule has 0 amide bonds. The second kappa shape index (κ2) is 4.85. The Kier molecular flexibility index (Phi) is 3.46. The third-order valence-corrected chi connectivity index (χ3v) is 3.09. The fourth-order valence-electron chi connectivity index (χ4n) is 2.31. The molecular formula is C13H19NO2. The lowest BCUT2D eigenvalue weighted by Crippen LogP contribution is -2.37. The van der Waals surface area contributed by atoms with E-state index in [2.05, 4.69) is 30.0 Å². The minimum Gasteiger partial charge on any atom is -0.394 e. The highest BCUT2D eigenvalue weighted by molar-refractivity contribution is 5.56. The molecule has 0 aromatic heterocycles. The quantitative estimate of drug-likeness (QED) is 0.803. The summed E-state index contributed by atoms with van der Waals surface area (Å²) in [5.41, 5.74) is 3.85.